The standard InChI is InChI=1S/C11H20N2/c1-4-5-6-10(12)11-8(2)7-9(3)13-11/h7,10,13H,4-6,12H2,1-3H3/t10-/m0/s1. The van der Waals surface area contributed by atoms with Crippen molar-refractivity contribution in [2.45, 2.75) is 46.1 Å². The minimum atomic E-state index is 0.189. The summed E-state index contributed by atoms with van der Waals surface area (Å²) in [5, 5.41) is 0. The summed E-state index contributed by atoms with van der Waals surface area (Å²) >= 11 is 0. The molecule has 74 valence electrons. The number of aromatic amines is 1. The first kappa shape index (κ1) is 10.3. The Morgan fingerprint density at radius 3 is 2.62 bits per heavy atom. The van der Waals surface area contributed by atoms with Gasteiger partial charge < -0.3 is 10.7 Å². The smallest absolute Gasteiger partial charge is 0.0450 e. The number of unbranched alkanes of at least 4 members (excludes halogenated alkanes) is 1. The molecule has 0 aliphatic rings. The third kappa shape index (κ3) is 2.59. The molecule has 0 radical (unpaired) electrons. The Balaban J connectivity index is 2.64. The molecule has 0 unspecified atom stereocenters. The predicted octanol–water partition coefficient (Wildman–Crippen LogP) is 2.82. The van der Waals surface area contributed by atoms with Gasteiger partial charge >= 0.3 is 0 Å². The quantitative estimate of drug-likeness (QED) is 0.735. The second-order valence-electron chi connectivity index (χ2n) is 3.80. The van der Waals surface area contributed by atoms with E-state index in [1.54, 1.807) is 0 Å². The van der Waals surface area contributed by atoms with E-state index < -0.39 is 0 Å². The minimum Gasteiger partial charge on any atom is -0.361 e. The molecule has 2 nitrogen and oxygen atoms in total. The maximum Gasteiger partial charge on any atom is 0.0450 e. The van der Waals surface area contributed by atoms with Crippen LogP contribution < -0.4 is 5.73 Å². The van der Waals surface area contributed by atoms with E-state index in [-0.39, 0.29) is 6.04 Å². The Hall–Kier alpha value is -0.760. The van der Waals surface area contributed by atoms with Crippen molar-refractivity contribution in [3.8, 4) is 0 Å². The monoisotopic (exact) mass is 180 g/mol. The highest BCUT2D eigenvalue weighted by atomic mass is 14.8. The van der Waals surface area contributed by atoms with Crippen molar-refractivity contribution in [1.82, 2.24) is 4.98 Å². The maximum absolute atomic E-state index is 6.06. The zero-order chi connectivity index (χ0) is 9.84. The molecular formula is C11H20N2. The maximum atomic E-state index is 6.06. The second-order valence-corrected chi connectivity index (χ2v) is 3.80. The lowest BCUT2D eigenvalue weighted by molar-refractivity contribution is 0.590. The molecule has 3 N–H and O–H groups in total. The van der Waals surface area contributed by atoms with Gasteiger partial charge in [0.15, 0.2) is 0 Å². The molecule has 0 fully saturated rings. The molecule has 0 bridgehead atoms. The van der Waals surface area contributed by atoms with Crippen LogP contribution in [0, 0.1) is 13.8 Å². The zero-order valence-electron chi connectivity index (χ0n) is 8.85. The summed E-state index contributed by atoms with van der Waals surface area (Å²) in [6, 6.07) is 2.34. The summed E-state index contributed by atoms with van der Waals surface area (Å²) < 4.78 is 0. The lowest BCUT2D eigenvalue weighted by atomic mass is 10.1. The molecule has 0 aromatic carbocycles. The van der Waals surface area contributed by atoms with Gasteiger partial charge in [-0.25, -0.2) is 0 Å². The molecule has 13 heavy (non-hydrogen) atoms. The number of aromatic nitrogens is 1. The van der Waals surface area contributed by atoms with Crippen molar-refractivity contribution in [3.05, 3.63) is 23.0 Å². The van der Waals surface area contributed by atoms with E-state index in [9.17, 15) is 0 Å². The Morgan fingerprint density at radius 1 is 1.46 bits per heavy atom. The van der Waals surface area contributed by atoms with Gasteiger partial charge in [0.05, 0.1) is 0 Å². The van der Waals surface area contributed by atoms with Gasteiger partial charge in [0, 0.05) is 17.4 Å². The lowest BCUT2D eigenvalue weighted by Gasteiger charge is -2.10. The average molecular weight is 180 g/mol. The van der Waals surface area contributed by atoms with Crippen LogP contribution in [0.1, 0.15) is 49.2 Å². The van der Waals surface area contributed by atoms with Crippen LogP contribution >= 0.6 is 0 Å². The van der Waals surface area contributed by atoms with Crippen LogP contribution in [0.15, 0.2) is 6.07 Å². The van der Waals surface area contributed by atoms with Crippen LogP contribution in [-0.4, -0.2) is 4.98 Å². The number of nitrogens with one attached hydrogen (secondary N) is 1. The van der Waals surface area contributed by atoms with Gasteiger partial charge in [-0.2, -0.15) is 0 Å². The molecule has 2 heteroatoms. The number of rotatable bonds is 4. The van der Waals surface area contributed by atoms with Crippen LogP contribution in [0.2, 0.25) is 0 Å². The van der Waals surface area contributed by atoms with Crippen molar-refractivity contribution < 1.29 is 0 Å². The molecule has 0 aliphatic carbocycles. The van der Waals surface area contributed by atoms with Gasteiger partial charge in [0.1, 0.15) is 0 Å². The Morgan fingerprint density at radius 2 is 2.15 bits per heavy atom. The summed E-state index contributed by atoms with van der Waals surface area (Å²) in [4.78, 5) is 3.33. The lowest BCUT2D eigenvalue weighted by Crippen LogP contribution is -2.11. The number of hydrogen-bond donors (Lipinski definition) is 2. The highest BCUT2D eigenvalue weighted by Crippen LogP contribution is 2.20. The van der Waals surface area contributed by atoms with E-state index in [4.69, 9.17) is 5.73 Å². The summed E-state index contributed by atoms with van der Waals surface area (Å²) in [6.07, 6.45) is 3.50. The molecule has 0 saturated carbocycles. The highest BCUT2D eigenvalue weighted by Gasteiger charge is 2.10. The second kappa shape index (κ2) is 4.47. The first-order valence-electron chi connectivity index (χ1n) is 5.06. The molecule has 0 saturated heterocycles. The molecule has 1 rings (SSSR count). The van der Waals surface area contributed by atoms with Crippen molar-refractivity contribution in [1.29, 1.82) is 0 Å². The SMILES string of the molecule is CCCC[C@H](N)c1[nH]c(C)cc1C. The van der Waals surface area contributed by atoms with E-state index in [1.165, 1.54) is 29.8 Å². The fourth-order valence-electron chi connectivity index (χ4n) is 1.70. The molecule has 0 aliphatic heterocycles. The van der Waals surface area contributed by atoms with Crippen molar-refractivity contribution in [3.63, 3.8) is 0 Å². The van der Waals surface area contributed by atoms with Crippen LogP contribution in [-0.2, 0) is 0 Å². The van der Waals surface area contributed by atoms with E-state index in [1.807, 2.05) is 0 Å². The first-order valence-corrected chi connectivity index (χ1v) is 5.06. The fourth-order valence-corrected chi connectivity index (χ4v) is 1.70. The summed E-state index contributed by atoms with van der Waals surface area (Å²) in [5.74, 6) is 0. The average Bonchev–Trinajstić information content (AvgIpc) is 2.41. The van der Waals surface area contributed by atoms with Crippen LogP contribution in [0.5, 0.6) is 0 Å². The van der Waals surface area contributed by atoms with Gasteiger partial charge in [0.2, 0.25) is 0 Å². The summed E-state index contributed by atoms with van der Waals surface area (Å²) in [7, 11) is 0. The number of nitrogens with two attached hydrogens (primary N) is 1. The highest BCUT2D eigenvalue weighted by molar-refractivity contribution is 5.26. The number of hydrogen-bond acceptors (Lipinski definition) is 1. The molecule has 1 heterocycles. The molecule has 0 spiro atoms. The van der Waals surface area contributed by atoms with Gasteiger partial charge in [-0.1, -0.05) is 19.8 Å². The first-order chi connectivity index (χ1) is 6.15. The molecule has 1 atom stereocenters. The van der Waals surface area contributed by atoms with Crippen LogP contribution in [0.3, 0.4) is 0 Å². The van der Waals surface area contributed by atoms with Gasteiger partial charge in [-0.05, 0) is 31.9 Å². The summed E-state index contributed by atoms with van der Waals surface area (Å²) in [6.45, 7) is 6.38. The van der Waals surface area contributed by atoms with Gasteiger partial charge in [-0.3, -0.25) is 0 Å². The van der Waals surface area contributed by atoms with E-state index in [0.717, 1.165) is 6.42 Å². The summed E-state index contributed by atoms with van der Waals surface area (Å²) in [5.41, 5.74) is 9.78. The molecule has 1 aromatic rings. The van der Waals surface area contributed by atoms with Gasteiger partial charge in [0.25, 0.3) is 0 Å². The van der Waals surface area contributed by atoms with Crippen molar-refractivity contribution in [2.75, 3.05) is 0 Å². The molecule has 1 aromatic heterocycles. The zero-order valence-corrected chi connectivity index (χ0v) is 8.85. The Kier molecular flexibility index (Phi) is 3.55. The van der Waals surface area contributed by atoms with E-state index in [0.29, 0.717) is 0 Å². The third-order valence-corrected chi connectivity index (χ3v) is 2.43. The van der Waals surface area contributed by atoms with Crippen molar-refractivity contribution in [2.24, 2.45) is 5.73 Å². The van der Waals surface area contributed by atoms with Crippen LogP contribution in [0.25, 0.3) is 0 Å². The van der Waals surface area contributed by atoms with E-state index in [2.05, 4.69) is 31.8 Å². The van der Waals surface area contributed by atoms with Crippen LogP contribution in [0.4, 0.5) is 0 Å². The minimum absolute atomic E-state index is 0.189. The predicted molar refractivity (Wildman–Crippen MR) is 56.7 cm³/mol. The van der Waals surface area contributed by atoms with Crippen molar-refractivity contribution >= 4 is 0 Å². The Bertz CT molecular complexity index is 263. The molecular weight excluding hydrogens is 160 g/mol. The van der Waals surface area contributed by atoms with Gasteiger partial charge in [-0.15, -0.1) is 0 Å². The normalized spacial score (nSPS) is 13.2. The number of H-pyrrole nitrogens is 1. The number of aryl methyl sites for hydroxylation is 2. The van der Waals surface area contributed by atoms with E-state index >= 15 is 0 Å². The Labute approximate surface area is 80.5 Å². The third-order valence-electron chi connectivity index (χ3n) is 2.43. The topological polar surface area (TPSA) is 41.8 Å². The largest absolute Gasteiger partial charge is 0.361 e. The fraction of sp³-hybridized carbons (Fsp3) is 0.636. The molecule has 0 amide bonds.